The number of hydrogen-bond acceptors (Lipinski definition) is 4. The number of amides is 2. The minimum absolute atomic E-state index is 0.0105. The number of carbonyl (C=O) groups is 2. The second kappa shape index (κ2) is 8.54. The molecule has 2 aliphatic rings. The summed E-state index contributed by atoms with van der Waals surface area (Å²) in [5, 5.41) is 19.4. The summed E-state index contributed by atoms with van der Waals surface area (Å²) in [4.78, 5) is 25.5. The molecule has 1 aromatic heterocycles. The molecular formula is C22H34N2O3S. The van der Waals surface area contributed by atoms with Gasteiger partial charge in [0.25, 0.3) is 0 Å². The van der Waals surface area contributed by atoms with E-state index in [2.05, 4.69) is 24.5 Å². The zero-order valence-corrected chi connectivity index (χ0v) is 18.2. The van der Waals surface area contributed by atoms with E-state index in [9.17, 15) is 14.7 Å². The number of aliphatic hydroxyl groups excluding tert-OH is 1. The highest BCUT2D eigenvalue weighted by Gasteiger charge is 2.53. The molecule has 0 radical (unpaired) electrons. The summed E-state index contributed by atoms with van der Waals surface area (Å²) in [5.41, 5.74) is 0.0808. The van der Waals surface area contributed by atoms with Crippen LogP contribution in [-0.2, 0) is 16.1 Å². The molecule has 2 aliphatic carbocycles. The summed E-state index contributed by atoms with van der Waals surface area (Å²) in [6, 6.07) is 4.10. The van der Waals surface area contributed by atoms with Crippen LogP contribution in [0.4, 0.5) is 0 Å². The van der Waals surface area contributed by atoms with Crippen LogP contribution >= 0.6 is 11.3 Å². The van der Waals surface area contributed by atoms with E-state index in [0.717, 1.165) is 30.6 Å². The molecule has 7 atom stereocenters. The minimum Gasteiger partial charge on any atom is -0.392 e. The highest BCUT2D eigenvalue weighted by Crippen LogP contribution is 2.55. The Kier molecular flexibility index (Phi) is 6.50. The van der Waals surface area contributed by atoms with E-state index >= 15 is 0 Å². The van der Waals surface area contributed by atoms with E-state index in [1.54, 1.807) is 18.3 Å². The lowest BCUT2D eigenvalue weighted by Gasteiger charge is -2.56. The first-order chi connectivity index (χ1) is 13.2. The standard InChI is InChI=1S/C22H34N2O3S/c1-13(21(27)23-12-16-6-5-11-28-16)17-7-9-22(4)10-8-18(24-15(3)25)14(2)19(22)20(17)26/h5-6,11,13-14,17-20,26H,7-10,12H2,1-4H3,(H,23,27)(H,24,25)/t13-,14-,17-,18-,19+,20-,22+/m0/s1. The molecule has 156 valence electrons. The molecule has 6 heteroatoms. The Bertz CT molecular complexity index is 692. The Morgan fingerprint density at radius 1 is 1.36 bits per heavy atom. The van der Waals surface area contributed by atoms with Crippen LogP contribution in [0.2, 0.25) is 0 Å². The lowest BCUT2D eigenvalue weighted by atomic mass is 9.51. The number of fused-ring (bicyclic) bond motifs is 1. The molecule has 0 aliphatic heterocycles. The zero-order chi connectivity index (χ0) is 20.5. The number of nitrogens with one attached hydrogen (secondary N) is 2. The molecular weight excluding hydrogens is 372 g/mol. The molecule has 3 N–H and O–H groups in total. The lowest BCUT2D eigenvalue weighted by Crippen LogP contribution is -2.58. The molecule has 28 heavy (non-hydrogen) atoms. The Morgan fingerprint density at radius 2 is 2.07 bits per heavy atom. The summed E-state index contributed by atoms with van der Waals surface area (Å²) in [5.74, 6) is 0.0329. The van der Waals surface area contributed by atoms with Crippen molar-refractivity contribution in [2.45, 2.75) is 72.1 Å². The van der Waals surface area contributed by atoms with Gasteiger partial charge in [-0.05, 0) is 60.3 Å². The normalized spacial score (nSPS) is 36.2. The molecule has 0 bridgehead atoms. The third-order valence-electron chi connectivity index (χ3n) is 7.35. The maximum atomic E-state index is 12.7. The van der Waals surface area contributed by atoms with Crippen LogP contribution in [0.25, 0.3) is 0 Å². The molecule has 5 nitrogen and oxygen atoms in total. The Hall–Kier alpha value is -1.40. The molecule has 1 aromatic rings. The van der Waals surface area contributed by atoms with Gasteiger partial charge in [0, 0.05) is 23.8 Å². The van der Waals surface area contributed by atoms with Crippen molar-refractivity contribution >= 4 is 23.2 Å². The largest absolute Gasteiger partial charge is 0.392 e. The third-order valence-corrected chi connectivity index (χ3v) is 8.23. The average Bonchev–Trinajstić information content (AvgIpc) is 3.15. The van der Waals surface area contributed by atoms with Gasteiger partial charge in [-0.2, -0.15) is 0 Å². The Labute approximate surface area is 172 Å². The van der Waals surface area contributed by atoms with Crippen molar-refractivity contribution in [2.24, 2.45) is 29.1 Å². The van der Waals surface area contributed by atoms with Gasteiger partial charge in [-0.25, -0.2) is 0 Å². The van der Waals surface area contributed by atoms with Gasteiger partial charge in [-0.1, -0.05) is 26.8 Å². The van der Waals surface area contributed by atoms with E-state index in [0.29, 0.717) is 6.54 Å². The van der Waals surface area contributed by atoms with E-state index in [1.165, 1.54) is 0 Å². The molecule has 2 saturated carbocycles. The van der Waals surface area contributed by atoms with E-state index in [1.807, 2.05) is 24.4 Å². The summed E-state index contributed by atoms with van der Waals surface area (Å²) in [7, 11) is 0. The number of aliphatic hydroxyl groups is 1. The summed E-state index contributed by atoms with van der Waals surface area (Å²) in [6.07, 6.45) is 3.35. The molecule has 0 aromatic carbocycles. The van der Waals surface area contributed by atoms with Crippen molar-refractivity contribution in [3.05, 3.63) is 22.4 Å². The van der Waals surface area contributed by atoms with Gasteiger partial charge in [0.05, 0.1) is 12.6 Å². The summed E-state index contributed by atoms with van der Waals surface area (Å²) in [6.45, 7) is 8.47. The van der Waals surface area contributed by atoms with E-state index in [-0.39, 0.29) is 46.9 Å². The van der Waals surface area contributed by atoms with Crippen LogP contribution in [-0.4, -0.2) is 29.1 Å². The fraction of sp³-hybridized carbons (Fsp3) is 0.727. The van der Waals surface area contributed by atoms with Crippen LogP contribution in [0, 0.1) is 29.1 Å². The van der Waals surface area contributed by atoms with Gasteiger partial charge in [-0.15, -0.1) is 11.3 Å². The maximum absolute atomic E-state index is 12.7. The molecule has 0 unspecified atom stereocenters. The number of hydrogen-bond donors (Lipinski definition) is 3. The predicted molar refractivity (Wildman–Crippen MR) is 112 cm³/mol. The molecule has 3 rings (SSSR count). The van der Waals surface area contributed by atoms with E-state index < -0.39 is 6.10 Å². The second-order valence-corrected chi connectivity index (χ2v) is 10.2. The Balaban J connectivity index is 1.68. The monoisotopic (exact) mass is 406 g/mol. The molecule has 0 saturated heterocycles. The number of thiophene rings is 1. The molecule has 2 amide bonds. The van der Waals surface area contributed by atoms with Crippen LogP contribution < -0.4 is 10.6 Å². The van der Waals surface area contributed by atoms with Gasteiger partial charge in [0.2, 0.25) is 11.8 Å². The minimum atomic E-state index is -0.521. The van der Waals surface area contributed by atoms with Crippen molar-refractivity contribution in [2.75, 3.05) is 0 Å². The summed E-state index contributed by atoms with van der Waals surface area (Å²) >= 11 is 1.63. The van der Waals surface area contributed by atoms with Gasteiger partial charge in [0.15, 0.2) is 0 Å². The van der Waals surface area contributed by atoms with Gasteiger partial charge < -0.3 is 15.7 Å². The fourth-order valence-corrected chi connectivity index (χ4v) is 6.35. The van der Waals surface area contributed by atoms with Crippen LogP contribution in [0.3, 0.4) is 0 Å². The number of carbonyl (C=O) groups excluding carboxylic acids is 2. The average molecular weight is 407 g/mol. The zero-order valence-electron chi connectivity index (χ0n) is 17.4. The molecule has 2 fully saturated rings. The smallest absolute Gasteiger partial charge is 0.223 e. The highest BCUT2D eigenvalue weighted by molar-refractivity contribution is 7.09. The maximum Gasteiger partial charge on any atom is 0.223 e. The lowest BCUT2D eigenvalue weighted by molar-refractivity contribution is -0.143. The Morgan fingerprint density at radius 3 is 2.71 bits per heavy atom. The van der Waals surface area contributed by atoms with Crippen molar-refractivity contribution in [3.63, 3.8) is 0 Å². The quantitative estimate of drug-likeness (QED) is 0.702. The topological polar surface area (TPSA) is 78.4 Å². The van der Waals surface area contributed by atoms with E-state index in [4.69, 9.17) is 0 Å². The van der Waals surface area contributed by atoms with Crippen molar-refractivity contribution in [1.82, 2.24) is 10.6 Å². The van der Waals surface area contributed by atoms with Gasteiger partial charge >= 0.3 is 0 Å². The first-order valence-corrected chi connectivity index (χ1v) is 11.4. The predicted octanol–water partition coefficient (Wildman–Crippen LogP) is 3.33. The van der Waals surface area contributed by atoms with Crippen LogP contribution in [0.1, 0.15) is 58.3 Å². The van der Waals surface area contributed by atoms with Crippen molar-refractivity contribution < 1.29 is 14.7 Å². The first kappa shape index (κ1) is 21.3. The van der Waals surface area contributed by atoms with Gasteiger partial charge in [-0.3, -0.25) is 9.59 Å². The van der Waals surface area contributed by atoms with Crippen LogP contribution in [0.5, 0.6) is 0 Å². The highest BCUT2D eigenvalue weighted by atomic mass is 32.1. The number of rotatable bonds is 5. The SMILES string of the molecule is CC(=O)N[C@H]1CC[C@@]2(C)CC[C@@H]([C@H](C)C(=O)NCc3cccs3)[C@H](O)[C@H]2[C@H]1C. The van der Waals surface area contributed by atoms with Gasteiger partial charge in [0.1, 0.15) is 0 Å². The first-order valence-electron chi connectivity index (χ1n) is 10.5. The van der Waals surface area contributed by atoms with Crippen molar-refractivity contribution in [3.8, 4) is 0 Å². The molecule has 1 heterocycles. The second-order valence-electron chi connectivity index (χ2n) is 9.16. The molecule has 0 spiro atoms. The third kappa shape index (κ3) is 4.28. The van der Waals surface area contributed by atoms with Crippen molar-refractivity contribution in [1.29, 1.82) is 0 Å². The van der Waals surface area contributed by atoms with Crippen LogP contribution in [0.15, 0.2) is 17.5 Å². The fourth-order valence-electron chi connectivity index (χ4n) is 5.70. The summed E-state index contributed by atoms with van der Waals surface area (Å²) < 4.78 is 0.